The molecule has 1 aliphatic heterocycles. The van der Waals surface area contributed by atoms with Crippen LogP contribution < -0.4 is 0 Å². The average Bonchev–Trinajstić information content (AvgIpc) is 2.50. The minimum atomic E-state index is 0.178. The Kier molecular flexibility index (Phi) is 4.05. The van der Waals surface area contributed by atoms with E-state index in [-0.39, 0.29) is 5.91 Å². The molecule has 2 heteroatoms. The number of nitrogens with zero attached hydrogens (tertiary/aromatic N) is 1. The summed E-state index contributed by atoms with van der Waals surface area (Å²) < 4.78 is 0. The first-order chi connectivity index (χ1) is 8.61. The maximum absolute atomic E-state index is 12.2. The SMILES string of the molecule is CCC(C)Cc1ccc2c(c1)CCCN(C)C2=O. The van der Waals surface area contributed by atoms with Gasteiger partial charge in [-0.05, 0) is 42.4 Å². The smallest absolute Gasteiger partial charge is 0.253 e. The van der Waals surface area contributed by atoms with Gasteiger partial charge in [0.2, 0.25) is 0 Å². The van der Waals surface area contributed by atoms with E-state index in [0.717, 1.165) is 31.4 Å². The van der Waals surface area contributed by atoms with Crippen LogP contribution in [0.4, 0.5) is 0 Å². The lowest BCUT2D eigenvalue weighted by Crippen LogP contribution is -2.26. The van der Waals surface area contributed by atoms with Crippen LogP contribution in [0, 0.1) is 5.92 Å². The van der Waals surface area contributed by atoms with Gasteiger partial charge in [0.05, 0.1) is 0 Å². The molecule has 0 N–H and O–H groups in total. The number of aryl methyl sites for hydroxylation is 1. The lowest BCUT2D eigenvalue weighted by atomic mass is 9.94. The molecule has 18 heavy (non-hydrogen) atoms. The van der Waals surface area contributed by atoms with E-state index in [0.29, 0.717) is 5.92 Å². The zero-order chi connectivity index (χ0) is 13.1. The lowest BCUT2D eigenvalue weighted by Gasteiger charge is -2.15. The molecule has 1 aromatic rings. The van der Waals surface area contributed by atoms with E-state index in [2.05, 4.69) is 26.0 Å². The van der Waals surface area contributed by atoms with Crippen LogP contribution in [0.5, 0.6) is 0 Å². The van der Waals surface area contributed by atoms with Gasteiger partial charge >= 0.3 is 0 Å². The number of amides is 1. The molecule has 0 radical (unpaired) electrons. The standard InChI is InChI=1S/C16H23NO/c1-4-12(2)10-13-7-8-15-14(11-13)6-5-9-17(3)16(15)18/h7-8,11-12H,4-6,9-10H2,1-3H3. The van der Waals surface area contributed by atoms with Crippen LogP contribution in [0.15, 0.2) is 18.2 Å². The van der Waals surface area contributed by atoms with E-state index < -0.39 is 0 Å². The fraction of sp³-hybridized carbons (Fsp3) is 0.562. The monoisotopic (exact) mass is 245 g/mol. The molecule has 1 aliphatic rings. The maximum Gasteiger partial charge on any atom is 0.253 e. The Hall–Kier alpha value is -1.31. The highest BCUT2D eigenvalue weighted by Crippen LogP contribution is 2.21. The van der Waals surface area contributed by atoms with Crippen LogP contribution in [0.3, 0.4) is 0 Å². The number of rotatable bonds is 3. The highest BCUT2D eigenvalue weighted by Gasteiger charge is 2.19. The zero-order valence-electron chi connectivity index (χ0n) is 11.7. The Morgan fingerprint density at radius 2 is 2.17 bits per heavy atom. The summed E-state index contributed by atoms with van der Waals surface area (Å²) in [4.78, 5) is 14.0. The van der Waals surface area contributed by atoms with Gasteiger partial charge in [0.15, 0.2) is 0 Å². The Morgan fingerprint density at radius 1 is 1.39 bits per heavy atom. The maximum atomic E-state index is 12.2. The zero-order valence-corrected chi connectivity index (χ0v) is 11.7. The van der Waals surface area contributed by atoms with Crippen molar-refractivity contribution in [1.82, 2.24) is 4.90 Å². The van der Waals surface area contributed by atoms with Crippen molar-refractivity contribution >= 4 is 5.91 Å². The van der Waals surface area contributed by atoms with Gasteiger partial charge in [-0.15, -0.1) is 0 Å². The van der Waals surface area contributed by atoms with E-state index in [1.165, 1.54) is 17.5 Å². The van der Waals surface area contributed by atoms with Crippen molar-refractivity contribution < 1.29 is 4.79 Å². The fourth-order valence-electron chi connectivity index (χ4n) is 2.55. The summed E-state index contributed by atoms with van der Waals surface area (Å²) in [6, 6.07) is 6.40. The first kappa shape index (κ1) is 13.1. The first-order valence-corrected chi connectivity index (χ1v) is 6.99. The van der Waals surface area contributed by atoms with E-state index in [1.54, 1.807) is 0 Å². The molecule has 2 rings (SSSR count). The average molecular weight is 245 g/mol. The molecule has 0 aromatic heterocycles. The number of benzene rings is 1. The van der Waals surface area contributed by atoms with Crippen molar-refractivity contribution in [1.29, 1.82) is 0 Å². The summed E-state index contributed by atoms with van der Waals surface area (Å²) in [5.41, 5.74) is 3.52. The van der Waals surface area contributed by atoms with Crippen molar-refractivity contribution in [3.8, 4) is 0 Å². The summed E-state index contributed by atoms with van der Waals surface area (Å²) in [5, 5.41) is 0. The van der Waals surface area contributed by atoms with E-state index in [1.807, 2.05) is 18.0 Å². The van der Waals surface area contributed by atoms with Crippen LogP contribution in [0.2, 0.25) is 0 Å². The van der Waals surface area contributed by atoms with Crippen LogP contribution in [0.1, 0.15) is 48.2 Å². The molecular weight excluding hydrogens is 222 g/mol. The Morgan fingerprint density at radius 3 is 2.89 bits per heavy atom. The molecular formula is C16H23NO. The normalized spacial score (nSPS) is 17.3. The Balaban J connectivity index is 2.26. The van der Waals surface area contributed by atoms with E-state index in [4.69, 9.17) is 0 Å². The van der Waals surface area contributed by atoms with Crippen LogP contribution >= 0.6 is 0 Å². The van der Waals surface area contributed by atoms with Crippen LogP contribution in [-0.4, -0.2) is 24.4 Å². The van der Waals surface area contributed by atoms with E-state index in [9.17, 15) is 4.79 Å². The minimum Gasteiger partial charge on any atom is -0.342 e. The Labute approximate surface area is 110 Å². The topological polar surface area (TPSA) is 20.3 Å². The molecule has 0 saturated heterocycles. The van der Waals surface area contributed by atoms with Gasteiger partial charge in [-0.3, -0.25) is 4.79 Å². The largest absolute Gasteiger partial charge is 0.342 e. The predicted octanol–water partition coefficient (Wildman–Crippen LogP) is 3.29. The number of carbonyl (C=O) groups excluding carboxylic acids is 1. The fourth-order valence-corrected chi connectivity index (χ4v) is 2.55. The molecule has 0 spiro atoms. The van der Waals surface area contributed by atoms with Gasteiger partial charge in [0, 0.05) is 19.2 Å². The molecule has 0 fully saturated rings. The van der Waals surface area contributed by atoms with Gasteiger partial charge in [0.1, 0.15) is 0 Å². The molecule has 0 aliphatic carbocycles. The second-order valence-corrected chi connectivity index (χ2v) is 5.54. The molecule has 2 nitrogen and oxygen atoms in total. The first-order valence-electron chi connectivity index (χ1n) is 6.99. The highest BCUT2D eigenvalue weighted by molar-refractivity contribution is 5.96. The highest BCUT2D eigenvalue weighted by atomic mass is 16.2. The third-order valence-electron chi connectivity index (χ3n) is 3.97. The summed E-state index contributed by atoms with van der Waals surface area (Å²) in [5.74, 6) is 0.893. The van der Waals surface area contributed by atoms with E-state index >= 15 is 0 Å². The van der Waals surface area contributed by atoms with Crippen LogP contribution in [-0.2, 0) is 12.8 Å². The molecule has 98 valence electrons. The van der Waals surface area contributed by atoms with Gasteiger partial charge in [-0.2, -0.15) is 0 Å². The predicted molar refractivity (Wildman–Crippen MR) is 74.9 cm³/mol. The number of hydrogen-bond acceptors (Lipinski definition) is 1. The number of hydrogen-bond donors (Lipinski definition) is 0. The van der Waals surface area contributed by atoms with Crippen molar-refractivity contribution in [2.75, 3.05) is 13.6 Å². The molecule has 0 bridgehead atoms. The summed E-state index contributed by atoms with van der Waals surface area (Å²) >= 11 is 0. The minimum absolute atomic E-state index is 0.178. The van der Waals surface area contributed by atoms with Gasteiger partial charge < -0.3 is 4.90 Å². The molecule has 1 aromatic carbocycles. The number of carbonyl (C=O) groups is 1. The molecule has 0 saturated carbocycles. The van der Waals surface area contributed by atoms with Crippen molar-refractivity contribution in [3.63, 3.8) is 0 Å². The third kappa shape index (κ3) is 2.74. The van der Waals surface area contributed by atoms with Gasteiger partial charge in [-0.25, -0.2) is 0 Å². The summed E-state index contributed by atoms with van der Waals surface area (Å²) in [7, 11) is 1.89. The molecule has 1 heterocycles. The third-order valence-corrected chi connectivity index (χ3v) is 3.97. The molecule has 1 unspecified atom stereocenters. The molecule has 1 atom stereocenters. The van der Waals surface area contributed by atoms with Crippen molar-refractivity contribution in [3.05, 3.63) is 34.9 Å². The van der Waals surface area contributed by atoms with Gasteiger partial charge in [-0.1, -0.05) is 32.4 Å². The Bertz CT molecular complexity index is 439. The lowest BCUT2D eigenvalue weighted by molar-refractivity contribution is 0.0800. The molecule has 1 amide bonds. The summed E-state index contributed by atoms with van der Waals surface area (Å²) in [6.07, 6.45) is 4.42. The van der Waals surface area contributed by atoms with Crippen molar-refractivity contribution in [2.45, 2.75) is 39.5 Å². The van der Waals surface area contributed by atoms with Crippen LogP contribution in [0.25, 0.3) is 0 Å². The second-order valence-electron chi connectivity index (χ2n) is 5.54. The number of fused-ring (bicyclic) bond motifs is 1. The van der Waals surface area contributed by atoms with Crippen molar-refractivity contribution in [2.24, 2.45) is 5.92 Å². The second kappa shape index (κ2) is 5.55. The quantitative estimate of drug-likeness (QED) is 0.800. The van der Waals surface area contributed by atoms with Gasteiger partial charge in [0.25, 0.3) is 5.91 Å². The summed E-state index contributed by atoms with van der Waals surface area (Å²) in [6.45, 7) is 5.38.